The zero-order valence-corrected chi connectivity index (χ0v) is 14.1. The minimum absolute atomic E-state index is 0.0562. The standard InChI is InChI=1S/C19H13FN6O/c20-18-15(2-1-7-22-18)26-16(9-21)17(23-24-26)11-3-6-14-12(8-11)10-25(19(14)27)13-4-5-13/h1-3,6-8,13H,4-5,10H2. The number of aromatic nitrogens is 4. The molecular weight excluding hydrogens is 347 g/mol. The van der Waals surface area contributed by atoms with E-state index in [1.54, 1.807) is 18.2 Å². The van der Waals surface area contributed by atoms with E-state index in [4.69, 9.17) is 0 Å². The lowest BCUT2D eigenvalue weighted by Gasteiger charge is -2.13. The molecule has 132 valence electrons. The summed E-state index contributed by atoms with van der Waals surface area (Å²) in [7, 11) is 0. The van der Waals surface area contributed by atoms with Gasteiger partial charge >= 0.3 is 0 Å². The highest BCUT2D eigenvalue weighted by molar-refractivity contribution is 5.99. The second kappa shape index (κ2) is 5.71. The van der Waals surface area contributed by atoms with Crippen LogP contribution in [0.15, 0.2) is 36.5 Å². The summed E-state index contributed by atoms with van der Waals surface area (Å²) < 4.78 is 15.1. The first-order valence-electron chi connectivity index (χ1n) is 8.58. The average Bonchev–Trinajstić information content (AvgIpc) is 3.35. The maximum atomic E-state index is 14.0. The summed E-state index contributed by atoms with van der Waals surface area (Å²) in [6, 6.07) is 10.8. The molecule has 7 nitrogen and oxygen atoms in total. The summed E-state index contributed by atoms with van der Waals surface area (Å²) in [4.78, 5) is 18.0. The Morgan fingerprint density at radius 2 is 2.11 bits per heavy atom. The van der Waals surface area contributed by atoms with E-state index in [9.17, 15) is 14.4 Å². The summed E-state index contributed by atoms with van der Waals surface area (Å²) in [6.45, 7) is 0.569. The van der Waals surface area contributed by atoms with E-state index in [1.165, 1.54) is 12.3 Å². The van der Waals surface area contributed by atoms with Crippen molar-refractivity contribution in [3.8, 4) is 23.0 Å². The number of hydrogen-bond acceptors (Lipinski definition) is 5. The zero-order valence-electron chi connectivity index (χ0n) is 14.1. The molecule has 0 saturated heterocycles. The molecule has 1 aromatic carbocycles. The molecule has 0 bridgehead atoms. The van der Waals surface area contributed by atoms with Crippen molar-refractivity contribution in [1.29, 1.82) is 5.26 Å². The Kier molecular flexibility index (Phi) is 3.31. The molecule has 1 amide bonds. The molecule has 2 aliphatic rings. The Morgan fingerprint density at radius 1 is 1.26 bits per heavy atom. The Bertz CT molecular complexity index is 1130. The molecule has 8 heteroatoms. The Hall–Kier alpha value is -3.60. The number of rotatable bonds is 3. The highest BCUT2D eigenvalue weighted by Gasteiger charge is 2.38. The second-order valence-electron chi connectivity index (χ2n) is 6.66. The predicted octanol–water partition coefficient (Wildman–Crippen LogP) is 2.46. The molecule has 1 fully saturated rings. The van der Waals surface area contributed by atoms with Crippen LogP contribution in [0.5, 0.6) is 0 Å². The van der Waals surface area contributed by atoms with Crippen molar-refractivity contribution in [3.05, 3.63) is 59.3 Å². The summed E-state index contributed by atoms with van der Waals surface area (Å²) in [5, 5.41) is 17.6. The molecular formula is C19H13FN6O. The maximum absolute atomic E-state index is 14.0. The lowest BCUT2D eigenvalue weighted by atomic mass is 10.0. The summed E-state index contributed by atoms with van der Waals surface area (Å²) in [5.74, 6) is -0.675. The number of carbonyl (C=O) groups is 1. The number of fused-ring (bicyclic) bond motifs is 1. The van der Waals surface area contributed by atoms with Gasteiger partial charge in [-0.25, -0.2) is 4.98 Å². The van der Waals surface area contributed by atoms with Crippen molar-refractivity contribution >= 4 is 5.91 Å². The van der Waals surface area contributed by atoms with Gasteiger partial charge in [-0.05, 0) is 42.7 Å². The van der Waals surface area contributed by atoms with Gasteiger partial charge in [0.15, 0.2) is 5.69 Å². The number of benzene rings is 1. The average molecular weight is 360 g/mol. The third-order valence-corrected chi connectivity index (χ3v) is 4.94. The van der Waals surface area contributed by atoms with Gasteiger partial charge in [-0.1, -0.05) is 11.3 Å². The minimum atomic E-state index is -0.731. The van der Waals surface area contributed by atoms with Crippen molar-refractivity contribution in [2.45, 2.75) is 25.4 Å². The van der Waals surface area contributed by atoms with E-state index in [0.29, 0.717) is 29.4 Å². The molecule has 3 aromatic rings. The molecule has 2 aromatic heterocycles. The first-order valence-corrected chi connectivity index (χ1v) is 8.58. The van der Waals surface area contributed by atoms with Gasteiger partial charge in [-0.2, -0.15) is 14.3 Å². The molecule has 1 aliphatic carbocycles. The number of pyridine rings is 1. The third kappa shape index (κ3) is 2.39. The fourth-order valence-corrected chi connectivity index (χ4v) is 3.45. The first kappa shape index (κ1) is 15.6. The molecule has 5 rings (SSSR count). The van der Waals surface area contributed by atoms with E-state index in [0.717, 1.165) is 23.1 Å². The van der Waals surface area contributed by atoms with E-state index in [2.05, 4.69) is 15.3 Å². The summed E-state index contributed by atoms with van der Waals surface area (Å²) in [5.41, 5.74) is 2.80. The highest BCUT2D eigenvalue weighted by atomic mass is 19.1. The van der Waals surface area contributed by atoms with Crippen molar-refractivity contribution < 1.29 is 9.18 Å². The van der Waals surface area contributed by atoms with Crippen LogP contribution in [-0.4, -0.2) is 36.8 Å². The quantitative estimate of drug-likeness (QED) is 0.670. The Balaban J connectivity index is 1.57. The van der Waals surface area contributed by atoms with Crippen molar-refractivity contribution in [1.82, 2.24) is 24.9 Å². The lowest BCUT2D eigenvalue weighted by molar-refractivity contribution is 0.0766. The summed E-state index contributed by atoms with van der Waals surface area (Å²) >= 11 is 0. The Morgan fingerprint density at radius 3 is 2.85 bits per heavy atom. The summed E-state index contributed by atoms with van der Waals surface area (Å²) in [6.07, 6.45) is 3.43. The van der Waals surface area contributed by atoms with E-state index in [1.807, 2.05) is 17.0 Å². The lowest BCUT2D eigenvalue weighted by Crippen LogP contribution is -2.25. The van der Waals surface area contributed by atoms with Crippen molar-refractivity contribution in [3.63, 3.8) is 0 Å². The van der Waals surface area contributed by atoms with Crippen LogP contribution in [0.4, 0.5) is 4.39 Å². The van der Waals surface area contributed by atoms with Crippen molar-refractivity contribution in [2.75, 3.05) is 0 Å². The number of nitriles is 1. The maximum Gasteiger partial charge on any atom is 0.254 e. The normalized spacial score (nSPS) is 15.7. The van der Waals surface area contributed by atoms with Crippen LogP contribution in [0.2, 0.25) is 0 Å². The zero-order chi connectivity index (χ0) is 18.5. The molecule has 0 N–H and O–H groups in total. The number of nitrogens with zero attached hydrogens (tertiary/aromatic N) is 6. The Labute approximate surface area is 153 Å². The molecule has 27 heavy (non-hydrogen) atoms. The molecule has 3 heterocycles. The van der Waals surface area contributed by atoms with E-state index in [-0.39, 0.29) is 17.3 Å². The fourth-order valence-electron chi connectivity index (χ4n) is 3.45. The van der Waals surface area contributed by atoms with Gasteiger partial charge < -0.3 is 4.90 Å². The second-order valence-corrected chi connectivity index (χ2v) is 6.66. The number of hydrogen-bond donors (Lipinski definition) is 0. The van der Waals surface area contributed by atoms with Gasteiger partial charge in [-0.15, -0.1) is 5.10 Å². The van der Waals surface area contributed by atoms with Gasteiger partial charge in [0.2, 0.25) is 5.95 Å². The van der Waals surface area contributed by atoms with Crippen molar-refractivity contribution in [2.24, 2.45) is 0 Å². The monoisotopic (exact) mass is 360 g/mol. The molecule has 1 aliphatic heterocycles. The van der Waals surface area contributed by atoms with Crippen LogP contribution < -0.4 is 0 Å². The smallest absolute Gasteiger partial charge is 0.254 e. The third-order valence-electron chi connectivity index (χ3n) is 4.94. The molecule has 0 spiro atoms. The fraction of sp³-hybridized carbons (Fsp3) is 0.211. The van der Waals surface area contributed by atoms with Crippen LogP contribution in [-0.2, 0) is 6.54 Å². The van der Waals surface area contributed by atoms with Crippen LogP contribution in [0, 0.1) is 17.3 Å². The minimum Gasteiger partial charge on any atom is -0.331 e. The molecule has 0 atom stereocenters. The van der Waals surface area contributed by atoms with Gasteiger partial charge in [-0.3, -0.25) is 4.79 Å². The molecule has 0 radical (unpaired) electrons. The van der Waals surface area contributed by atoms with Gasteiger partial charge in [0, 0.05) is 29.9 Å². The number of halogens is 1. The number of carbonyl (C=O) groups excluding carboxylic acids is 1. The first-order chi connectivity index (χ1) is 13.2. The van der Waals surface area contributed by atoms with E-state index >= 15 is 0 Å². The predicted molar refractivity (Wildman–Crippen MR) is 92.2 cm³/mol. The van der Waals surface area contributed by atoms with Crippen LogP contribution in [0.1, 0.15) is 34.5 Å². The van der Waals surface area contributed by atoms with E-state index < -0.39 is 5.95 Å². The van der Waals surface area contributed by atoms with Gasteiger partial charge in [0.05, 0.1) is 0 Å². The SMILES string of the molecule is N#Cc1c(-c2ccc3c(c2)CN(C2CC2)C3=O)nnn1-c1cccnc1F. The molecule has 0 unspecified atom stereocenters. The van der Waals surface area contributed by atoms with Crippen LogP contribution in [0.25, 0.3) is 16.9 Å². The highest BCUT2D eigenvalue weighted by Crippen LogP contribution is 2.36. The number of amides is 1. The van der Waals surface area contributed by atoms with Crippen LogP contribution >= 0.6 is 0 Å². The van der Waals surface area contributed by atoms with Gasteiger partial charge in [0.25, 0.3) is 5.91 Å². The topological polar surface area (TPSA) is 87.7 Å². The molecule has 1 saturated carbocycles. The largest absolute Gasteiger partial charge is 0.331 e. The van der Waals surface area contributed by atoms with Crippen LogP contribution in [0.3, 0.4) is 0 Å². The van der Waals surface area contributed by atoms with Gasteiger partial charge in [0.1, 0.15) is 17.5 Å².